The third-order valence-corrected chi connectivity index (χ3v) is 3.51. The minimum atomic E-state index is 0.753. The Kier molecular flexibility index (Phi) is 3.83. The van der Waals surface area contributed by atoms with Gasteiger partial charge in [-0.3, -0.25) is 4.68 Å². The molecule has 0 aliphatic heterocycles. The molecule has 1 aromatic heterocycles. The maximum atomic E-state index is 9.41. The predicted octanol–water partition coefficient (Wildman–Crippen LogP) is 3.67. The number of hydrogen-bond acceptors (Lipinski definition) is 2. The number of nitriles is 1. The summed E-state index contributed by atoms with van der Waals surface area (Å²) in [6.45, 7) is 2.12. The van der Waals surface area contributed by atoms with Gasteiger partial charge in [0.1, 0.15) is 6.07 Å². The van der Waals surface area contributed by atoms with E-state index in [4.69, 9.17) is 0 Å². The second kappa shape index (κ2) is 5.36. The lowest BCUT2D eigenvalue weighted by Crippen LogP contribution is -1.98. The lowest BCUT2D eigenvalue weighted by atomic mass is 9.97. The van der Waals surface area contributed by atoms with Gasteiger partial charge in [-0.15, -0.1) is 0 Å². The zero-order valence-electron chi connectivity index (χ0n) is 10.4. The monoisotopic (exact) mass is 303 g/mol. The molecule has 0 aliphatic carbocycles. The topological polar surface area (TPSA) is 41.6 Å². The Bertz CT molecular complexity index is 588. The number of aryl methyl sites for hydroxylation is 2. The number of rotatable bonds is 3. The van der Waals surface area contributed by atoms with E-state index < -0.39 is 0 Å². The average molecular weight is 304 g/mol. The number of nitrogens with zero attached hydrogens (tertiary/aromatic N) is 3. The maximum Gasteiger partial charge on any atom is 0.100 e. The Morgan fingerprint density at radius 1 is 1.44 bits per heavy atom. The molecule has 2 aromatic rings. The van der Waals surface area contributed by atoms with Crippen molar-refractivity contribution in [1.82, 2.24) is 9.78 Å². The van der Waals surface area contributed by atoms with Crippen molar-refractivity contribution in [2.75, 3.05) is 0 Å². The van der Waals surface area contributed by atoms with Gasteiger partial charge in [-0.2, -0.15) is 10.4 Å². The highest BCUT2D eigenvalue weighted by molar-refractivity contribution is 9.10. The van der Waals surface area contributed by atoms with E-state index in [1.54, 1.807) is 10.9 Å². The highest BCUT2D eigenvalue weighted by Crippen LogP contribution is 2.31. The van der Waals surface area contributed by atoms with Gasteiger partial charge in [-0.05, 0) is 27.9 Å². The smallest absolute Gasteiger partial charge is 0.100 e. The number of hydrogen-bond donors (Lipinski definition) is 0. The average Bonchev–Trinajstić information content (AvgIpc) is 2.69. The van der Waals surface area contributed by atoms with Crippen LogP contribution < -0.4 is 0 Å². The summed E-state index contributed by atoms with van der Waals surface area (Å²) in [5.74, 6) is 0. The number of aromatic nitrogens is 2. The third kappa shape index (κ3) is 2.19. The molecule has 0 radical (unpaired) electrons. The highest BCUT2D eigenvalue weighted by Gasteiger charge is 2.15. The van der Waals surface area contributed by atoms with Crippen molar-refractivity contribution in [3.05, 3.63) is 40.0 Å². The van der Waals surface area contributed by atoms with Crippen LogP contribution in [0.25, 0.3) is 11.3 Å². The van der Waals surface area contributed by atoms with E-state index in [1.807, 2.05) is 25.2 Å². The van der Waals surface area contributed by atoms with Crippen LogP contribution in [-0.4, -0.2) is 9.78 Å². The van der Waals surface area contributed by atoms with Gasteiger partial charge in [0, 0.05) is 12.6 Å². The van der Waals surface area contributed by atoms with E-state index in [-0.39, 0.29) is 0 Å². The van der Waals surface area contributed by atoms with Crippen molar-refractivity contribution in [2.45, 2.75) is 19.8 Å². The second-order valence-corrected chi connectivity index (χ2v) is 5.02. The first-order valence-electron chi connectivity index (χ1n) is 5.88. The minimum absolute atomic E-state index is 0.753. The first-order valence-corrected chi connectivity index (χ1v) is 6.68. The van der Waals surface area contributed by atoms with Gasteiger partial charge in [0.2, 0.25) is 0 Å². The minimum Gasteiger partial charge on any atom is -0.267 e. The van der Waals surface area contributed by atoms with Crippen molar-refractivity contribution >= 4 is 15.9 Å². The quantitative estimate of drug-likeness (QED) is 0.868. The Labute approximate surface area is 115 Å². The van der Waals surface area contributed by atoms with Crippen molar-refractivity contribution < 1.29 is 0 Å². The molecule has 2 rings (SSSR count). The molecular weight excluding hydrogens is 290 g/mol. The molecule has 0 amide bonds. The summed E-state index contributed by atoms with van der Waals surface area (Å²) < 4.78 is 2.70. The van der Waals surface area contributed by atoms with Gasteiger partial charge in [0.05, 0.1) is 21.9 Å². The molecule has 0 unspecified atom stereocenters. The van der Waals surface area contributed by atoms with Gasteiger partial charge in [0.15, 0.2) is 0 Å². The molecular formula is C14H14BrN3. The van der Waals surface area contributed by atoms with Crippen LogP contribution in [0.5, 0.6) is 0 Å². The van der Waals surface area contributed by atoms with E-state index in [9.17, 15) is 5.26 Å². The van der Waals surface area contributed by atoms with Crippen molar-refractivity contribution in [1.29, 1.82) is 5.26 Å². The first kappa shape index (κ1) is 12.8. The van der Waals surface area contributed by atoms with Crippen LogP contribution in [0.3, 0.4) is 0 Å². The van der Waals surface area contributed by atoms with E-state index >= 15 is 0 Å². The van der Waals surface area contributed by atoms with Crippen LogP contribution in [0, 0.1) is 11.3 Å². The maximum absolute atomic E-state index is 9.41. The van der Waals surface area contributed by atoms with Gasteiger partial charge in [0.25, 0.3) is 0 Å². The zero-order valence-corrected chi connectivity index (χ0v) is 12.0. The molecule has 92 valence electrons. The zero-order chi connectivity index (χ0) is 13.1. The highest BCUT2D eigenvalue weighted by atomic mass is 79.9. The van der Waals surface area contributed by atoms with Gasteiger partial charge >= 0.3 is 0 Å². The lowest BCUT2D eigenvalue weighted by Gasteiger charge is -2.09. The van der Waals surface area contributed by atoms with Crippen molar-refractivity contribution in [2.24, 2.45) is 7.05 Å². The normalized spacial score (nSPS) is 10.3. The van der Waals surface area contributed by atoms with Gasteiger partial charge in [-0.1, -0.05) is 31.5 Å². The fraction of sp³-hybridized carbons (Fsp3) is 0.286. The predicted molar refractivity (Wildman–Crippen MR) is 75.1 cm³/mol. The molecule has 0 saturated carbocycles. The van der Waals surface area contributed by atoms with Crippen LogP contribution in [0.2, 0.25) is 0 Å². The Balaban J connectivity index is 2.66. The van der Waals surface area contributed by atoms with E-state index in [0.717, 1.165) is 39.7 Å². The van der Waals surface area contributed by atoms with E-state index in [1.165, 1.54) is 0 Å². The molecule has 0 atom stereocenters. The Hall–Kier alpha value is -1.60. The molecule has 1 aromatic carbocycles. The molecule has 0 bridgehead atoms. The van der Waals surface area contributed by atoms with Gasteiger partial charge in [-0.25, -0.2) is 0 Å². The summed E-state index contributed by atoms with van der Waals surface area (Å²) in [5, 5.41) is 13.6. The molecule has 1 heterocycles. The Morgan fingerprint density at radius 2 is 2.22 bits per heavy atom. The van der Waals surface area contributed by atoms with E-state index in [0.29, 0.717) is 0 Å². The summed E-state index contributed by atoms with van der Waals surface area (Å²) in [7, 11) is 1.88. The van der Waals surface area contributed by atoms with Crippen LogP contribution in [-0.2, 0) is 13.5 Å². The van der Waals surface area contributed by atoms with Crippen LogP contribution in [0.15, 0.2) is 28.9 Å². The summed E-state index contributed by atoms with van der Waals surface area (Å²) in [5.41, 5.74) is 3.74. The SMILES string of the molecule is CCCc1cccc(-c2c(Br)cnn2C)c1C#N. The lowest BCUT2D eigenvalue weighted by molar-refractivity contribution is 0.775. The molecule has 0 fully saturated rings. The van der Waals surface area contributed by atoms with E-state index in [2.05, 4.69) is 34.0 Å². The molecule has 0 spiro atoms. The fourth-order valence-electron chi connectivity index (χ4n) is 2.12. The van der Waals surface area contributed by atoms with Gasteiger partial charge < -0.3 is 0 Å². The standard InChI is InChI=1S/C14H14BrN3/c1-3-5-10-6-4-7-11(12(10)8-16)14-13(15)9-17-18(14)2/h4,6-7,9H,3,5H2,1-2H3. The summed E-state index contributed by atoms with van der Waals surface area (Å²) in [6.07, 6.45) is 3.71. The second-order valence-electron chi connectivity index (χ2n) is 4.17. The summed E-state index contributed by atoms with van der Waals surface area (Å²) >= 11 is 3.49. The molecule has 0 aliphatic rings. The molecule has 18 heavy (non-hydrogen) atoms. The summed E-state index contributed by atoms with van der Waals surface area (Å²) in [6, 6.07) is 8.33. The fourth-order valence-corrected chi connectivity index (χ4v) is 2.68. The number of benzene rings is 1. The largest absolute Gasteiger partial charge is 0.267 e. The molecule has 0 N–H and O–H groups in total. The Morgan fingerprint density at radius 3 is 2.78 bits per heavy atom. The van der Waals surface area contributed by atoms with Crippen LogP contribution in [0.1, 0.15) is 24.5 Å². The number of halogens is 1. The summed E-state index contributed by atoms with van der Waals surface area (Å²) in [4.78, 5) is 0. The molecule has 0 saturated heterocycles. The van der Waals surface area contributed by atoms with Crippen molar-refractivity contribution in [3.8, 4) is 17.3 Å². The molecule has 3 nitrogen and oxygen atoms in total. The van der Waals surface area contributed by atoms with Crippen molar-refractivity contribution in [3.63, 3.8) is 0 Å². The van der Waals surface area contributed by atoms with Crippen LogP contribution >= 0.6 is 15.9 Å². The first-order chi connectivity index (χ1) is 8.69. The molecule has 4 heteroatoms. The third-order valence-electron chi connectivity index (χ3n) is 2.93. The van der Waals surface area contributed by atoms with Crippen LogP contribution in [0.4, 0.5) is 0 Å².